The van der Waals surface area contributed by atoms with Crippen LogP contribution in [0.15, 0.2) is 60.5 Å². The molecule has 0 fully saturated rings. The predicted octanol–water partition coefficient (Wildman–Crippen LogP) is 7.25. The molecule has 1 aliphatic heterocycles. The number of benzene rings is 1. The van der Waals surface area contributed by atoms with Crippen molar-refractivity contribution in [2.75, 3.05) is 18.4 Å². The van der Waals surface area contributed by atoms with Crippen molar-refractivity contribution < 1.29 is 0 Å². The lowest BCUT2D eigenvalue weighted by Crippen LogP contribution is -2.23. The fourth-order valence-electron chi connectivity index (χ4n) is 3.19. The van der Waals surface area contributed by atoms with Crippen LogP contribution in [0.25, 0.3) is 11.4 Å². The Morgan fingerprint density at radius 2 is 1.71 bits per heavy atom. The number of nitrogens with one attached hydrogen (secondary N) is 1. The zero-order chi connectivity index (χ0) is 25.7. The summed E-state index contributed by atoms with van der Waals surface area (Å²) in [5.74, 6) is 0.613. The summed E-state index contributed by atoms with van der Waals surface area (Å²) in [6.45, 7) is 20.3. The average molecular weight is 464 g/mol. The third-order valence-electron chi connectivity index (χ3n) is 5.01. The number of nitrogens with zero attached hydrogens (tertiary/aromatic N) is 3. The summed E-state index contributed by atoms with van der Waals surface area (Å²) in [7, 11) is 0. The standard InChI is InChI=1S/C25H33N5.2C2H6/c1-6-19-12-15-30(16-13-19)23(22(26)20-9-7-18(2)8-10-20)21-11-14-27-24(29-21)28-17-25(3,4)5;2*1-2/h7-15H,6,16-17,26H2,1-5H3,(H,27,28,29);2*1-2H3/b23-22-;;. The SMILES string of the molecule is CC.CC.CCC1=CCN(/C(=C(\N)c2ccc(C)cc2)c2ccnc(NCC(C)(C)C)n2)C=C1. The average Bonchev–Trinajstić information content (AvgIpc) is 2.86. The normalized spacial score (nSPS) is 13.6. The predicted molar refractivity (Wildman–Crippen MR) is 149 cm³/mol. The van der Waals surface area contributed by atoms with Crippen LogP contribution in [-0.4, -0.2) is 28.0 Å². The molecule has 1 aromatic heterocycles. The van der Waals surface area contributed by atoms with E-state index in [0.29, 0.717) is 11.6 Å². The smallest absolute Gasteiger partial charge is 0.223 e. The summed E-state index contributed by atoms with van der Waals surface area (Å²) in [6, 6.07) is 10.2. The molecule has 3 N–H and O–H groups in total. The molecule has 0 unspecified atom stereocenters. The summed E-state index contributed by atoms with van der Waals surface area (Å²) in [5.41, 5.74) is 12.8. The van der Waals surface area contributed by atoms with Gasteiger partial charge in [-0.1, -0.05) is 91.3 Å². The molecule has 5 heteroatoms. The van der Waals surface area contributed by atoms with Crippen LogP contribution in [-0.2, 0) is 0 Å². The van der Waals surface area contributed by atoms with E-state index in [9.17, 15) is 0 Å². The molecule has 2 heterocycles. The van der Waals surface area contributed by atoms with E-state index in [1.165, 1.54) is 11.1 Å². The molecule has 0 aliphatic carbocycles. The van der Waals surface area contributed by atoms with E-state index in [0.717, 1.165) is 36.5 Å². The molecule has 5 nitrogen and oxygen atoms in total. The van der Waals surface area contributed by atoms with Crippen LogP contribution in [0.3, 0.4) is 0 Å². The van der Waals surface area contributed by atoms with E-state index in [2.05, 4.69) is 92.4 Å². The van der Waals surface area contributed by atoms with Crippen molar-refractivity contribution in [3.8, 4) is 0 Å². The van der Waals surface area contributed by atoms with E-state index < -0.39 is 0 Å². The number of anilines is 1. The van der Waals surface area contributed by atoms with Gasteiger partial charge in [0, 0.05) is 25.5 Å². The molecule has 34 heavy (non-hydrogen) atoms. The quantitative estimate of drug-likeness (QED) is 0.472. The van der Waals surface area contributed by atoms with Crippen molar-refractivity contribution in [2.24, 2.45) is 11.1 Å². The van der Waals surface area contributed by atoms with Gasteiger partial charge in [0.15, 0.2) is 0 Å². The van der Waals surface area contributed by atoms with Crippen LogP contribution in [0.4, 0.5) is 5.95 Å². The van der Waals surface area contributed by atoms with Gasteiger partial charge in [0.2, 0.25) is 5.95 Å². The molecule has 0 saturated heterocycles. The molecule has 0 amide bonds. The van der Waals surface area contributed by atoms with Crippen LogP contribution < -0.4 is 11.1 Å². The third kappa shape index (κ3) is 8.69. The molecule has 1 aromatic carbocycles. The monoisotopic (exact) mass is 463 g/mol. The topological polar surface area (TPSA) is 67.1 Å². The first-order valence-corrected chi connectivity index (χ1v) is 12.5. The maximum Gasteiger partial charge on any atom is 0.223 e. The molecule has 3 rings (SSSR count). The molecule has 1 aliphatic rings. The minimum absolute atomic E-state index is 0.135. The third-order valence-corrected chi connectivity index (χ3v) is 5.01. The van der Waals surface area contributed by atoms with E-state index in [-0.39, 0.29) is 5.41 Å². The Morgan fingerprint density at radius 3 is 2.24 bits per heavy atom. The van der Waals surface area contributed by atoms with Gasteiger partial charge in [-0.15, -0.1) is 0 Å². The zero-order valence-electron chi connectivity index (χ0n) is 22.7. The Labute approximate surface area is 207 Å². The fraction of sp³-hybridized carbons (Fsp3) is 0.448. The maximum atomic E-state index is 6.72. The Kier molecular flexibility index (Phi) is 12.1. The van der Waals surface area contributed by atoms with Gasteiger partial charge in [-0.3, -0.25) is 0 Å². The molecule has 0 radical (unpaired) electrons. The molecule has 0 atom stereocenters. The second-order valence-electron chi connectivity index (χ2n) is 8.91. The molecule has 186 valence electrons. The summed E-state index contributed by atoms with van der Waals surface area (Å²) >= 11 is 0. The summed E-state index contributed by atoms with van der Waals surface area (Å²) in [4.78, 5) is 11.4. The van der Waals surface area contributed by atoms with Crippen LogP contribution in [0.5, 0.6) is 0 Å². The maximum absolute atomic E-state index is 6.72. The van der Waals surface area contributed by atoms with Crippen LogP contribution >= 0.6 is 0 Å². The van der Waals surface area contributed by atoms with Gasteiger partial charge >= 0.3 is 0 Å². The molecule has 2 aromatic rings. The van der Waals surface area contributed by atoms with Crippen molar-refractivity contribution in [2.45, 2.75) is 68.7 Å². The minimum atomic E-state index is 0.135. The second-order valence-corrected chi connectivity index (χ2v) is 8.91. The first kappa shape index (κ1) is 29.0. The number of aromatic nitrogens is 2. The number of rotatable bonds is 6. The number of allylic oxidation sites excluding steroid dienone is 2. The highest BCUT2D eigenvalue weighted by molar-refractivity contribution is 5.88. The van der Waals surface area contributed by atoms with Crippen molar-refractivity contribution in [3.63, 3.8) is 0 Å². The van der Waals surface area contributed by atoms with Crippen molar-refractivity contribution in [1.82, 2.24) is 14.9 Å². The summed E-state index contributed by atoms with van der Waals surface area (Å²) in [5, 5.41) is 3.35. The van der Waals surface area contributed by atoms with E-state index in [4.69, 9.17) is 10.7 Å². The molecule has 0 saturated carbocycles. The van der Waals surface area contributed by atoms with Crippen LogP contribution in [0.1, 0.15) is 78.6 Å². The lowest BCUT2D eigenvalue weighted by Gasteiger charge is -2.27. The van der Waals surface area contributed by atoms with Gasteiger partial charge < -0.3 is 16.0 Å². The molecular formula is C29H45N5. The highest BCUT2D eigenvalue weighted by atomic mass is 15.2. The molecule has 0 bridgehead atoms. The van der Waals surface area contributed by atoms with Crippen molar-refractivity contribution in [3.05, 3.63) is 77.3 Å². The Morgan fingerprint density at radius 1 is 1.06 bits per heavy atom. The van der Waals surface area contributed by atoms with Crippen LogP contribution in [0, 0.1) is 12.3 Å². The van der Waals surface area contributed by atoms with Crippen LogP contribution in [0.2, 0.25) is 0 Å². The van der Waals surface area contributed by atoms with E-state index in [1.807, 2.05) is 33.8 Å². The Bertz CT molecular complexity index is 963. The van der Waals surface area contributed by atoms with Gasteiger partial charge in [0.1, 0.15) is 0 Å². The number of hydrogen-bond acceptors (Lipinski definition) is 5. The Balaban J connectivity index is 0.00000137. The van der Waals surface area contributed by atoms with Gasteiger partial charge in [0.25, 0.3) is 0 Å². The highest BCUT2D eigenvalue weighted by Crippen LogP contribution is 2.28. The first-order valence-electron chi connectivity index (χ1n) is 12.5. The fourth-order valence-corrected chi connectivity index (χ4v) is 3.19. The van der Waals surface area contributed by atoms with Crippen molar-refractivity contribution >= 4 is 17.3 Å². The lowest BCUT2D eigenvalue weighted by molar-refractivity contribution is 0.441. The van der Waals surface area contributed by atoms with E-state index in [1.54, 1.807) is 6.20 Å². The van der Waals surface area contributed by atoms with Gasteiger partial charge in [0.05, 0.1) is 17.1 Å². The summed E-state index contributed by atoms with van der Waals surface area (Å²) in [6.07, 6.45) is 9.29. The van der Waals surface area contributed by atoms with Gasteiger partial charge in [-0.05, 0) is 42.0 Å². The van der Waals surface area contributed by atoms with E-state index >= 15 is 0 Å². The molecule has 0 spiro atoms. The second kappa shape index (κ2) is 14.2. The zero-order valence-corrected chi connectivity index (χ0v) is 22.7. The number of hydrogen-bond donors (Lipinski definition) is 2. The largest absolute Gasteiger partial charge is 0.396 e. The number of nitrogens with two attached hydrogens (primary N) is 1. The molecular weight excluding hydrogens is 418 g/mol. The van der Waals surface area contributed by atoms with Gasteiger partial charge in [-0.25, -0.2) is 9.97 Å². The number of aryl methyl sites for hydroxylation is 1. The minimum Gasteiger partial charge on any atom is -0.396 e. The lowest BCUT2D eigenvalue weighted by atomic mass is 9.97. The Hall–Kier alpha value is -3.08. The van der Waals surface area contributed by atoms with Gasteiger partial charge in [-0.2, -0.15) is 0 Å². The van der Waals surface area contributed by atoms with Crippen molar-refractivity contribution in [1.29, 1.82) is 0 Å². The summed E-state index contributed by atoms with van der Waals surface area (Å²) < 4.78 is 0. The first-order chi connectivity index (χ1) is 16.3. The highest BCUT2D eigenvalue weighted by Gasteiger charge is 2.19.